The molecular formula is C15H10ClN3O2. The smallest absolute Gasteiger partial charge is 0.305 e. The van der Waals surface area contributed by atoms with Crippen LogP contribution < -0.4 is 11.2 Å². The lowest BCUT2D eigenvalue weighted by Gasteiger charge is -2.00. The van der Waals surface area contributed by atoms with E-state index in [-0.39, 0.29) is 0 Å². The van der Waals surface area contributed by atoms with Gasteiger partial charge in [-0.25, -0.2) is 4.79 Å². The van der Waals surface area contributed by atoms with E-state index < -0.39 is 11.2 Å². The number of rotatable bonds is 2. The zero-order valence-corrected chi connectivity index (χ0v) is 11.5. The highest BCUT2D eigenvalue weighted by Crippen LogP contribution is 2.08. The number of nitrogens with one attached hydrogen (secondary N) is 1. The summed E-state index contributed by atoms with van der Waals surface area (Å²) in [5.41, 5.74) is 0.133. The van der Waals surface area contributed by atoms with Crippen LogP contribution in [0.2, 0.25) is 5.02 Å². The predicted molar refractivity (Wildman–Crippen MR) is 83.3 cm³/mol. The standard InChI is InChI=1S/C15H10ClN3O2/c16-11-5-3-4-10(8-11)9-17-19-14(20)12-6-1-2-7-13(12)18-15(19)21/h1-9H,(H,18,21). The number of benzene rings is 2. The van der Waals surface area contributed by atoms with Crippen LogP contribution in [-0.4, -0.2) is 15.9 Å². The molecule has 3 aromatic rings. The maximum atomic E-state index is 12.2. The molecule has 0 amide bonds. The van der Waals surface area contributed by atoms with Crippen LogP contribution in [0.1, 0.15) is 5.56 Å². The summed E-state index contributed by atoms with van der Waals surface area (Å²) in [5, 5.41) is 4.90. The van der Waals surface area contributed by atoms with Gasteiger partial charge in [0.1, 0.15) is 0 Å². The predicted octanol–water partition coefficient (Wildman–Crippen LogP) is 2.23. The molecule has 0 aliphatic carbocycles. The van der Waals surface area contributed by atoms with Crippen LogP contribution in [0.4, 0.5) is 0 Å². The van der Waals surface area contributed by atoms with Gasteiger partial charge in [-0.3, -0.25) is 4.79 Å². The summed E-state index contributed by atoms with van der Waals surface area (Å²) < 4.78 is 0.795. The Hall–Kier alpha value is -2.66. The number of nitrogens with zero attached hydrogens (tertiary/aromatic N) is 2. The van der Waals surface area contributed by atoms with Gasteiger partial charge in [0.25, 0.3) is 5.56 Å². The van der Waals surface area contributed by atoms with Crippen molar-refractivity contribution in [1.82, 2.24) is 9.66 Å². The summed E-state index contributed by atoms with van der Waals surface area (Å²) >= 11 is 5.87. The maximum absolute atomic E-state index is 12.2. The first-order chi connectivity index (χ1) is 10.1. The summed E-state index contributed by atoms with van der Waals surface area (Å²) in [7, 11) is 0. The number of para-hydroxylation sites is 1. The van der Waals surface area contributed by atoms with Crippen LogP contribution >= 0.6 is 11.6 Å². The van der Waals surface area contributed by atoms with Crippen molar-refractivity contribution in [1.29, 1.82) is 0 Å². The Kier molecular flexibility index (Phi) is 3.41. The van der Waals surface area contributed by atoms with E-state index in [1.165, 1.54) is 6.21 Å². The van der Waals surface area contributed by atoms with Gasteiger partial charge in [-0.1, -0.05) is 35.9 Å². The monoisotopic (exact) mass is 299 g/mol. The molecule has 2 aromatic carbocycles. The fraction of sp³-hybridized carbons (Fsp3) is 0. The molecule has 0 saturated heterocycles. The lowest BCUT2D eigenvalue weighted by molar-refractivity contribution is 0.771. The number of aromatic nitrogens is 2. The van der Waals surface area contributed by atoms with Crippen LogP contribution in [-0.2, 0) is 0 Å². The largest absolute Gasteiger partial charge is 0.349 e. The van der Waals surface area contributed by atoms with E-state index in [0.717, 1.165) is 4.68 Å². The fourth-order valence-corrected chi connectivity index (χ4v) is 2.17. The van der Waals surface area contributed by atoms with Gasteiger partial charge in [0.05, 0.1) is 17.1 Å². The molecule has 104 valence electrons. The molecule has 1 heterocycles. The lowest BCUT2D eigenvalue weighted by atomic mass is 10.2. The highest BCUT2D eigenvalue weighted by molar-refractivity contribution is 6.30. The van der Waals surface area contributed by atoms with Crippen molar-refractivity contribution >= 4 is 28.7 Å². The van der Waals surface area contributed by atoms with E-state index in [1.807, 2.05) is 0 Å². The molecule has 0 bridgehead atoms. The Morgan fingerprint density at radius 2 is 1.90 bits per heavy atom. The summed E-state index contributed by atoms with van der Waals surface area (Å²) in [5.74, 6) is 0. The number of H-pyrrole nitrogens is 1. The Bertz CT molecular complexity index is 957. The Morgan fingerprint density at radius 3 is 2.71 bits per heavy atom. The van der Waals surface area contributed by atoms with E-state index in [2.05, 4.69) is 10.1 Å². The topological polar surface area (TPSA) is 67.2 Å². The van der Waals surface area contributed by atoms with E-state index >= 15 is 0 Å². The molecule has 0 unspecified atom stereocenters. The van der Waals surface area contributed by atoms with Gasteiger partial charge in [-0.15, -0.1) is 4.68 Å². The van der Waals surface area contributed by atoms with Crippen LogP contribution in [0.25, 0.3) is 10.9 Å². The van der Waals surface area contributed by atoms with Crippen molar-refractivity contribution in [3.8, 4) is 0 Å². The molecule has 1 aromatic heterocycles. The number of fused-ring (bicyclic) bond motifs is 1. The van der Waals surface area contributed by atoms with Crippen molar-refractivity contribution in [2.45, 2.75) is 0 Å². The SMILES string of the molecule is O=c1[nH]c2ccccc2c(=O)n1N=Cc1cccc(Cl)c1. The number of aromatic amines is 1. The van der Waals surface area contributed by atoms with Crippen LogP contribution in [0, 0.1) is 0 Å². The molecule has 0 spiro atoms. The molecular weight excluding hydrogens is 290 g/mol. The van der Waals surface area contributed by atoms with Gasteiger partial charge in [0, 0.05) is 5.02 Å². The molecule has 5 nitrogen and oxygen atoms in total. The van der Waals surface area contributed by atoms with Gasteiger partial charge in [-0.2, -0.15) is 5.10 Å². The minimum atomic E-state index is -0.586. The first-order valence-electron chi connectivity index (χ1n) is 6.19. The molecule has 21 heavy (non-hydrogen) atoms. The summed E-state index contributed by atoms with van der Waals surface area (Å²) in [6, 6.07) is 13.7. The summed E-state index contributed by atoms with van der Waals surface area (Å²) in [6.07, 6.45) is 1.41. The third kappa shape index (κ3) is 2.64. The minimum absolute atomic E-state index is 0.403. The number of halogens is 1. The zero-order chi connectivity index (χ0) is 14.8. The van der Waals surface area contributed by atoms with Gasteiger partial charge in [0.2, 0.25) is 0 Å². The van der Waals surface area contributed by atoms with Crippen molar-refractivity contribution in [3.63, 3.8) is 0 Å². The van der Waals surface area contributed by atoms with Crippen LogP contribution in [0.5, 0.6) is 0 Å². The number of hydrogen-bond acceptors (Lipinski definition) is 3. The number of hydrogen-bond donors (Lipinski definition) is 1. The average Bonchev–Trinajstić information content (AvgIpc) is 2.47. The van der Waals surface area contributed by atoms with Crippen LogP contribution in [0.3, 0.4) is 0 Å². The summed E-state index contributed by atoms with van der Waals surface area (Å²) in [4.78, 5) is 26.8. The molecule has 0 aliphatic heterocycles. The third-order valence-electron chi connectivity index (χ3n) is 2.95. The van der Waals surface area contributed by atoms with Crippen molar-refractivity contribution in [2.75, 3.05) is 0 Å². The zero-order valence-electron chi connectivity index (χ0n) is 10.8. The normalized spacial score (nSPS) is 11.3. The van der Waals surface area contributed by atoms with E-state index in [1.54, 1.807) is 48.5 Å². The molecule has 3 rings (SSSR count). The van der Waals surface area contributed by atoms with Gasteiger partial charge in [0.15, 0.2) is 0 Å². The second-order valence-corrected chi connectivity index (χ2v) is 4.83. The molecule has 0 saturated carbocycles. The molecule has 1 N–H and O–H groups in total. The Balaban J connectivity index is 2.13. The van der Waals surface area contributed by atoms with Crippen molar-refractivity contribution < 1.29 is 0 Å². The van der Waals surface area contributed by atoms with Gasteiger partial charge < -0.3 is 4.98 Å². The molecule has 0 fully saturated rings. The van der Waals surface area contributed by atoms with Crippen molar-refractivity contribution in [2.24, 2.45) is 5.10 Å². The first-order valence-corrected chi connectivity index (χ1v) is 6.57. The third-order valence-corrected chi connectivity index (χ3v) is 3.19. The van der Waals surface area contributed by atoms with Crippen LogP contribution in [0.15, 0.2) is 63.2 Å². The summed E-state index contributed by atoms with van der Waals surface area (Å²) in [6.45, 7) is 0. The second kappa shape index (κ2) is 5.38. The molecule has 0 atom stereocenters. The minimum Gasteiger partial charge on any atom is -0.305 e. The lowest BCUT2D eigenvalue weighted by Crippen LogP contribution is -2.32. The molecule has 0 radical (unpaired) electrons. The van der Waals surface area contributed by atoms with Gasteiger partial charge >= 0.3 is 5.69 Å². The Morgan fingerprint density at radius 1 is 1.10 bits per heavy atom. The average molecular weight is 300 g/mol. The quantitative estimate of drug-likeness (QED) is 0.737. The first kappa shape index (κ1) is 13.3. The van der Waals surface area contributed by atoms with E-state index in [4.69, 9.17) is 11.6 Å². The highest BCUT2D eigenvalue weighted by atomic mass is 35.5. The van der Waals surface area contributed by atoms with E-state index in [9.17, 15) is 9.59 Å². The van der Waals surface area contributed by atoms with Crippen molar-refractivity contribution in [3.05, 3.63) is 80.0 Å². The molecule has 0 aliphatic rings. The molecule has 6 heteroatoms. The van der Waals surface area contributed by atoms with Gasteiger partial charge in [-0.05, 0) is 29.8 Å². The van der Waals surface area contributed by atoms with E-state index in [0.29, 0.717) is 21.5 Å². The second-order valence-electron chi connectivity index (χ2n) is 4.39. The maximum Gasteiger partial charge on any atom is 0.349 e. The Labute approximate surface area is 124 Å². The fourth-order valence-electron chi connectivity index (χ4n) is 1.97. The highest BCUT2D eigenvalue weighted by Gasteiger charge is 2.05.